The number of anilines is 2. The van der Waals surface area contributed by atoms with E-state index in [2.05, 4.69) is 15.3 Å². The Labute approximate surface area is 238 Å². The van der Waals surface area contributed by atoms with E-state index in [0.29, 0.717) is 47.4 Å². The minimum atomic E-state index is -4.53. The number of aryl methyl sites for hydroxylation is 1. The lowest BCUT2D eigenvalue weighted by Crippen LogP contribution is -2.30. The molecule has 1 amide bonds. The predicted molar refractivity (Wildman–Crippen MR) is 146 cm³/mol. The number of carbonyl (C=O) groups excluding carboxylic acids is 1. The number of amides is 1. The molecule has 4 aromatic rings. The summed E-state index contributed by atoms with van der Waals surface area (Å²) in [6, 6.07) is 10.6. The zero-order chi connectivity index (χ0) is 29.4. The highest BCUT2D eigenvalue weighted by atomic mass is 32.2. The van der Waals surface area contributed by atoms with E-state index in [1.165, 1.54) is 0 Å². The van der Waals surface area contributed by atoms with Gasteiger partial charge < -0.3 is 19.7 Å². The van der Waals surface area contributed by atoms with Crippen LogP contribution in [0.15, 0.2) is 53.6 Å². The van der Waals surface area contributed by atoms with Crippen LogP contribution in [0.3, 0.4) is 0 Å². The van der Waals surface area contributed by atoms with Gasteiger partial charge in [0, 0.05) is 35.7 Å². The Bertz CT molecular complexity index is 1810. The largest absolute Gasteiger partial charge is 0.489 e. The van der Waals surface area contributed by atoms with Crippen LogP contribution >= 0.6 is 0 Å². The van der Waals surface area contributed by atoms with Gasteiger partial charge in [0.05, 0.1) is 37.6 Å². The van der Waals surface area contributed by atoms with E-state index in [0.717, 1.165) is 17.5 Å². The third-order valence-corrected chi connectivity index (χ3v) is 8.73. The molecule has 42 heavy (non-hydrogen) atoms. The third kappa shape index (κ3) is 5.17. The lowest BCUT2D eigenvalue weighted by molar-refractivity contribution is 0.0949. The molecule has 0 aliphatic carbocycles. The summed E-state index contributed by atoms with van der Waals surface area (Å²) in [5.74, 6) is -0.753. The lowest BCUT2D eigenvalue weighted by Gasteiger charge is -2.29. The van der Waals surface area contributed by atoms with Crippen LogP contribution in [0.25, 0.3) is 10.9 Å². The zero-order valence-corrected chi connectivity index (χ0v) is 22.8. The summed E-state index contributed by atoms with van der Waals surface area (Å²) in [5.41, 5.74) is -0.970. The molecule has 2 aliphatic heterocycles. The van der Waals surface area contributed by atoms with Crippen molar-refractivity contribution in [2.45, 2.75) is 29.8 Å². The Morgan fingerprint density at radius 3 is 2.76 bits per heavy atom. The van der Waals surface area contributed by atoms with E-state index in [1.54, 1.807) is 24.4 Å². The topological polar surface area (TPSA) is 124 Å². The summed E-state index contributed by atoms with van der Waals surface area (Å²) in [6.45, 7) is -0.0307. The second-order valence-electron chi connectivity index (χ2n) is 9.66. The first kappa shape index (κ1) is 27.7. The molecule has 218 valence electrons. The highest BCUT2D eigenvalue weighted by molar-refractivity contribution is 7.92. The minimum absolute atomic E-state index is 0.0805. The number of hydrogen-bond donors (Lipinski definition) is 1. The summed E-state index contributed by atoms with van der Waals surface area (Å²) in [5, 5.41) is 3.32. The quantitative estimate of drug-likeness (QED) is 0.351. The van der Waals surface area contributed by atoms with Crippen molar-refractivity contribution in [3.63, 3.8) is 0 Å². The minimum Gasteiger partial charge on any atom is -0.489 e. The highest BCUT2D eigenvalue weighted by Crippen LogP contribution is 2.36. The number of sulfone groups is 1. The molecule has 0 saturated carbocycles. The van der Waals surface area contributed by atoms with Gasteiger partial charge in [-0.25, -0.2) is 27.2 Å². The van der Waals surface area contributed by atoms with Crippen molar-refractivity contribution >= 4 is 38.3 Å². The second kappa shape index (κ2) is 11.1. The maximum Gasteiger partial charge on any atom is 0.251 e. The van der Waals surface area contributed by atoms with Crippen LogP contribution in [0.1, 0.15) is 28.2 Å². The van der Waals surface area contributed by atoms with Crippen molar-refractivity contribution in [2.24, 2.45) is 0 Å². The van der Waals surface area contributed by atoms with Crippen molar-refractivity contribution in [3.05, 3.63) is 71.4 Å². The summed E-state index contributed by atoms with van der Waals surface area (Å²) < 4.78 is 77.6. The average molecular weight is 600 g/mol. The normalized spacial score (nSPS) is 17.4. The number of halogens is 3. The van der Waals surface area contributed by atoms with Crippen molar-refractivity contribution in [3.8, 4) is 11.5 Å². The number of hydrogen-bond acceptors (Lipinski definition) is 9. The lowest BCUT2D eigenvalue weighted by atomic mass is 10.2. The smallest absolute Gasteiger partial charge is 0.251 e. The number of nitrogens with zero attached hydrogens (tertiary/aromatic N) is 4. The Morgan fingerprint density at radius 2 is 1.93 bits per heavy atom. The van der Waals surface area contributed by atoms with E-state index in [-0.39, 0.29) is 25.1 Å². The van der Waals surface area contributed by atoms with Gasteiger partial charge in [0.15, 0.2) is 23.1 Å². The van der Waals surface area contributed by atoms with E-state index in [4.69, 9.17) is 14.5 Å². The molecule has 0 unspecified atom stereocenters. The molecule has 2 aliphatic rings. The van der Waals surface area contributed by atoms with Crippen LogP contribution in [0.4, 0.5) is 24.8 Å². The van der Waals surface area contributed by atoms with Gasteiger partial charge in [0.25, 0.3) is 5.91 Å². The van der Waals surface area contributed by atoms with E-state index >= 15 is 0 Å². The number of rotatable bonds is 6. The number of pyridine rings is 3. The van der Waals surface area contributed by atoms with Gasteiger partial charge in [-0.15, -0.1) is 0 Å². The SMILES string of the molecule is O=C(NCc1cc2nc(N3CCOc4ccc(CCF)nc43)ccc2cn1)c1cc(F)c2c(c1)S(=O)(=O)[C@@H](F)CCO2. The summed E-state index contributed by atoms with van der Waals surface area (Å²) in [6.07, 6.45) is 1.33. The van der Waals surface area contributed by atoms with Crippen LogP contribution in [-0.2, 0) is 22.8 Å². The Balaban J connectivity index is 1.23. The molecule has 10 nitrogen and oxygen atoms in total. The number of alkyl halides is 2. The van der Waals surface area contributed by atoms with Crippen LogP contribution < -0.4 is 19.7 Å². The first-order chi connectivity index (χ1) is 20.2. The zero-order valence-electron chi connectivity index (χ0n) is 22.0. The molecular formula is C28H24F3N5O5S. The monoisotopic (exact) mass is 599 g/mol. The van der Waals surface area contributed by atoms with E-state index in [9.17, 15) is 26.4 Å². The molecule has 0 saturated heterocycles. The second-order valence-corrected chi connectivity index (χ2v) is 11.7. The third-order valence-electron chi connectivity index (χ3n) is 6.90. The number of ether oxygens (including phenoxy) is 2. The van der Waals surface area contributed by atoms with E-state index in [1.807, 2.05) is 17.0 Å². The molecule has 5 heterocycles. The van der Waals surface area contributed by atoms with Gasteiger partial charge in [-0.1, -0.05) is 0 Å². The van der Waals surface area contributed by atoms with Crippen LogP contribution in [0.5, 0.6) is 11.5 Å². The molecule has 0 fully saturated rings. The molecule has 1 aromatic carbocycles. The van der Waals surface area contributed by atoms with Gasteiger partial charge in [0.1, 0.15) is 17.3 Å². The average Bonchev–Trinajstić information content (AvgIpc) is 3.10. The highest BCUT2D eigenvalue weighted by Gasteiger charge is 2.35. The molecule has 1 atom stereocenters. The molecular weight excluding hydrogens is 575 g/mol. The Morgan fingerprint density at radius 1 is 1.07 bits per heavy atom. The van der Waals surface area contributed by atoms with Crippen LogP contribution in [0, 0.1) is 5.82 Å². The fraction of sp³-hybridized carbons (Fsp3) is 0.286. The van der Waals surface area contributed by atoms with Gasteiger partial charge in [-0.2, -0.15) is 0 Å². The first-order valence-corrected chi connectivity index (χ1v) is 14.6. The molecule has 1 N–H and O–H groups in total. The number of benzene rings is 1. The molecule has 3 aromatic heterocycles. The molecule has 0 radical (unpaired) electrons. The maximum atomic E-state index is 14.7. The summed E-state index contributed by atoms with van der Waals surface area (Å²) >= 11 is 0. The van der Waals surface area contributed by atoms with E-state index < -0.39 is 50.8 Å². The number of fused-ring (bicyclic) bond motifs is 3. The van der Waals surface area contributed by atoms with Gasteiger partial charge in [0.2, 0.25) is 15.3 Å². The summed E-state index contributed by atoms with van der Waals surface area (Å²) in [4.78, 5) is 27.7. The Kier molecular flexibility index (Phi) is 7.31. The summed E-state index contributed by atoms with van der Waals surface area (Å²) in [7, 11) is -4.53. The fourth-order valence-corrected chi connectivity index (χ4v) is 6.15. The molecule has 14 heteroatoms. The number of carbonyl (C=O) groups is 1. The standard InChI is InChI=1S/C28H24F3N5O5S/c29-7-5-18-2-3-22-27(34-18)36(8-10-40-22)25-4-1-16-14-32-19(13-21(16)35-25)15-33-28(37)17-11-20(30)26-23(12-17)42(38,39)24(31)6-9-41-26/h1-4,11-14,24H,5-10,15H2,(H,33,37)/t24-/m1/s1. The number of nitrogens with one attached hydrogen (secondary N) is 1. The van der Waals surface area contributed by atoms with Gasteiger partial charge >= 0.3 is 0 Å². The Hall–Kier alpha value is -4.46. The molecule has 0 spiro atoms. The predicted octanol–water partition coefficient (Wildman–Crippen LogP) is 3.99. The van der Waals surface area contributed by atoms with Crippen molar-refractivity contribution in [2.75, 3.05) is 31.3 Å². The number of aromatic nitrogens is 3. The fourth-order valence-electron chi connectivity index (χ4n) is 4.76. The van der Waals surface area contributed by atoms with Crippen molar-refractivity contribution in [1.82, 2.24) is 20.3 Å². The van der Waals surface area contributed by atoms with Crippen LogP contribution in [-0.4, -0.2) is 61.2 Å². The van der Waals surface area contributed by atoms with Crippen molar-refractivity contribution < 1.29 is 35.9 Å². The van der Waals surface area contributed by atoms with Gasteiger partial charge in [-0.3, -0.25) is 14.2 Å². The van der Waals surface area contributed by atoms with Crippen molar-refractivity contribution in [1.29, 1.82) is 0 Å². The molecule has 0 bridgehead atoms. The molecule has 6 rings (SSSR count). The van der Waals surface area contributed by atoms with Gasteiger partial charge in [-0.05, 0) is 42.5 Å². The first-order valence-electron chi connectivity index (χ1n) is 13.1. The van der Waals surface area contributed by atoms with Crippen LogP contribution in [0.2, 0.25) is 0 Å². The maximum absolute atomic E-state index is 14.7.